The Labute approximate surface area is 171 Å². The second-order valence-electron chi connectivity index (χ2n) is 6.40. The summed E-state index contributed by atoms with van der Waals surface area (Å²) in [6, 6.07) is 8.58. The molecule has 0 saturated carbocycles. The van der Waals surface area contributed by atoms with Crippen molar-refractivity contribution in [3.63, 3.8) is 0 Å². The Kier molecular flexibility index (Phi) is 5.35. The first-order valence-corrected chi connectivity index (χ1v) is 11.2. The molecule has 2 aromatic heterocycles. The maximum atomic E-state index is 12.7. The van der Waals surface area contributed by atoms with Gasteiger partial charge < -0.3 is 14.2 Å². The van der Waals surface area contributed by atoms with Gasteiger partial charge in [-0.2, -0.15) is 4.98 Å². The number of nitrogens with one attached hydrogen (secondary N) is 1. The van der Waals surface area contributed by atoms with Gasteiger partial charge in [-0.3, -0.25) is 9.52 Å². The van der Waals surface area contributed by atoms with Gasteiger partial charge in [-0.05, 0) is 24.6 Å². The van der Waals surface area contributed by atoms with E-state index in [9.17, 15) is 13.2 Å². The van der Waals surface area contributed by atoms with Crippen LogP contribution in [0.3, 0.4) is 0 Å². The highest BCUT2D eigenvalue weighted by atomic mass is 32.2. The predicted molar refractivity (Wildman–Crippen MR) is 106 cm³/mol. The lowest BCUT2D eigenvalue weighted by atomic mass is 10.2. The minimum atomic E-state index is -3.76. The maximum Gasteiger partial charge on any atom is 0.316 e. The normalized spacial score (nSPS) is 14.7. The number of para-hydroxylation sites is 1. The minimum absolute atomic E-state index is 0.113. The lowest BCUT2D eigenvalue weighted by Crippen LogP contribution is -2.40. The number of ether oxygens (including phenoxy) is 1. The highest BCUT2D eigenvalue weighted by molar-refractivity contribution is 7.94. The summed E-state index contributed by atoms with van der Waals surface area (Å²) in [6.45, 7) is 3.67. The largest absolute Gasteiger partial charge is 0.378 e. The van der Waals surface area contributed by atoms with Gasteiger partial charge in [0.25, 0.3) is 10.0 Å². The number of rotatable bonds is 5. The van der Waals surface area contributed by atoms with Gasteiger partial charge in [0.1, 0.15) is 4.21 Å². The summed E-state index contributed by atoms with van der Waals surface area (Å²) in [4.78, 5) is 18.1. The zero-order valence-electron chi connectivity index (χ0n) is 15.5. The molecule has 0 aliphatic carbocycles. The first-order valence-electron chi connectivity index (χ1n) is 8.82. The molecule has 0 spiro atoms. The maximum absolute atomic E-state index is 12.7. The Morgan fingerprint density at radius 2 is 2.00 bits per heavy atom. The Balaban J connectivity index is 1.52. The molecule has 4 rings (SSSR count). The monoisotopic (exact) mass is 434 g/mol. The minimum Gasteiger partial charge on any atom is -0.378 e. The third kappa shape index (κ3) is 4.16. The molecule has 1 saturated heterocycles. The fraction of sp³-hybridized carbons (Fsp3) is 0.278. The summed E-state index contributed by atoms with van der Waals surface area (Å²) in [7, 11) is -3.76. The molecule has 0 radical (unpaired) electrons. The first-order chi connectivity index (χ1) is 13.9. The van der Waals surface area contributed by atoms with Crippen LogP contribution in [0, 0.1) is 6.92 Å². The van der Waals surface area contributed by atoms with Crippen LogP contribution in [0.5, 0.6) is 0 Å². The van der Waals surface area contributed by atoms with E-state index in [-0.39, 0.29) is 21.8 Å². The number of anilines is 1. The highest BCUT2D eigenvalue weighted by Gasteiger charge is 2.25. The molecule has 1 fully saturated rings. The first kappa shape index (κ1) is 19.6. The molecule has 29 heavy (non-hydrogen) atoms. The smallest absolute Gasteiger partial charge is 0.316 e. The fourth-order valence-corrected chi connectivity index (χ4v) is 5.08. The Morgan fingerprint density at radius 1 is 1.24 bits per heavy atom. The number of thiophene rings is 1. The summed E-state index contributed by atoms with van der Waals surface area (Å²) in [5.74, 6) is -0.331. The molecule has 0 unspecified atom stereocenters. The van der Waals surface area contributed by atoms with Crippen molar-refractivity contribution in [2.75, 3.05) is 31.0 Å². The number of hydrogen-bond donors (Lipinski definition) is 1. The topological polar surface area (TPSA) is 115 Å². The van der Waals surface area contributed by atoms with Crippen molar-refractivity contribution in [3.8, 4) is 11.4 Å². The summed E-state index contributed by atoms with van der Waals surface area (Å²) in [5.41, 5.74) is 1.79. The van der Waals surface area contributed by atoms with Gasteiger partial charge in [-0.25, -0.2) is 8.42 Å². The van der Waals surface area contributed by atoms with E-state index in [1.165, 1.54) is 6.07 Å². The van der Waals surface area contributed by atoms with Gasteiger partial charge >= 0.3 is 11.8 Å². The number of benzene rings is 1. The van der Waals surface area contributed by atoms with Crippen molar-refractivity contribution < 1.29 is 22.5 Å². The van der Waals surface area contributed by atoms with Crippen molar-refractivity contribution in [2.45, 2.75) is 11.1 Å². The average Bonchev–Trinajstić information content (AvgIpc) is 3.40. The molecule has 152 valence electrons. The van der Waals surface area contributed by atoms with Crippen LogP contribution in [0.4, 0.5) is 5.69 Å². The van der Waals surface area contributed by atoms with E-state index in [0.29, 0.717) is 37.6 Å². The van der Waals surface area contributed by atoms with E-state index in [4.69, 9.17) is 9.26 Å². The van der Waals surface area contributed by atoms with E-state index < -0.39 is 10.0 Å². The summed E-state index contributed by atoms with van der Waals surface area (Å²) >= 11 is 1.04. The Bertz CT molecular complexity index is 1130. The van der Waals surface area contributed by atoms with Gasteiger partial charge in [0.15, 0.2) is 0 Å². The predicted octanol–water partition coefficient (Wildman–Crippen LogP) is 2.38. The van der Waals surface area contributed by atoms with E-state index in [2.05, 4.69) is 14.9 Å². The number of amides is 1. The van der Waals surface area contributed by atoms with E-state index in [0.717, 1.165) is 16.9 Å². The van der Waals surface area contributed by atoms with Crippen LogP contribution in [0.25, 0.3) is 11.4 Å². The highest BCUT2D eigenvalue weighted by Crippen LogP contribution is 2.29. The quantitative estimate of drug-likeness (QED) is 0.656. The molecule has 3 heterocycles. The van der Waals surface area contributed by atoms with Gasteiger partial charge in [0.2, 0.25) is 5.82 Å². The molecule has 1 aliphatic heterocycles. The Morgan fingerprint density at radius 3 is 2.76 bits per heavy atom. The number of aryl methyl sites for hydroxylation is 1. The number of nitrogens with zero attached hydrogens (tertiary/aromatic N) is 3. The van der Waals surface area contributed by atoms with Crippen LogP contribution in [-0.2, 0) is 14.8 Å². The summed E-state index contributed by atoms with van der Waals surface area (Å²) in [6.07, 6.45) is 0. The molecule has 0 bridgehead atoms. The molecule has 1 N–H and O–H groups in total. The van der Waals surface area contributed by atoms with Crippen LogP contribution >= 0.6 is 11.3 Å². The van der Waals surface area contributed by atoms with E-state index >= 15 is 0 Å². The number of hydrogen-bond acceptors (Lipinski definition) is 8. The lowest BCUT2D eigenvalue weighted by molar-refractivity contribution is 0.0272. The molecule has 1 amide bonds. The number of aromatic nitrogens is 2. The average molecular weight is 434 g/mol. The van der Waals surface area contributed by atoms with Crippen molar-refractivity contribution in [2.24, 2.45) is 0 Å². The number of morpholine rings is 1. The second-order valence-corrected chi connectivity index (χ2v) is 9.22. The van der Waals surface area contributed by atoms with Crippen molar-refractivity contribution in [1.82, 2.24) is 15.0 Å². The zero-order chi connectivity index (χ0) is 20.4. The molecular weight excluding hydrogens is 416 g/mol. The van der Waals surface area contributed by atoms with Crippen molar-refractivity contribution >= 4 is 33.0 Å². The van der Waals surface area contributed by atoms with E-state index in [1.807, 2.05) is 19.1 Å². The molecule has 9 nitrogen and oxygen atoms in total. The van der Waals surface area contributed by atoms with Crippen molar-refractivity contribution in [1.29, 1.82) is 0 Å². The lowest BCUT2D eigenvalue weighted by Gasteiger charge is -2.25. The number of carbonyl (C=O) groups is 1. The summed E-state index contributed by atoms with van der Waals surface area (Å²) in [5, 5.41) is 5.43. The van der Waals surface area contributed by atoms with Gasteiger partial charge in [-0.1, -0.05) is 23.4 Å². The second kappa shape index (κ2) is 7.93. The molecule has 11 heteroatoms. The zero-order valence-corrected chi connectivity index (χ0v) is 17.1. The number of sulfonamides is 1. The third-order valence-electron chi connectivity index (χ3n) is 4.40. The standard InChI is InChI=1S/C18H18N4O5S2/c1-12-4-2-3-5-14(12)21-29(24,25)15-10-13(11-28-15)16-19-17(27-20-16)18(23)22-6-8-26-9-7-22/h2-5,10-11,21H,6-9H2,1H3. The number of carbonyl (C=O) groups excluding carboxylic acids is 1. The molecule has 1 aliphatic rings. The van der Waals surface area contributed by atoms with Crippen LogP contribution in [0.1, 0.15) is 16.2 Å². The van der Waals surface area contributed by atoms with Gasteiger partial charge in [0, 0.05) is 24.0 Å². The third-order valence-corrected chi connectivity index (χ3v) is 7.20. The van der Waals surface area contributed by atoms with Crippen LogP contribution in [0.2, 0.25) is 0 Å². The van der Waals surface area contributed by atoms with Crippen LogP contribution in [0.15, 0.2) is 44.4 Å². The summed E-state index contributed by atoms with van der Waals surface area (Å²) < 4.78 is 38.4. The Hall–Kier alpha value is -2.76. The fourth-order valence-electron chi connectivity index (χ4n) is 2.79. The van der Waals surface area contributed by atoms with E-state index in [1.54, 1.807) is 22.4 Å². The van der Waals surface area contributed by atoms with Gasteiger partial charge in [0.05, 0.1) is 18.9 Å². The van der Waals surface area contributed by atoms with Crippen LogP contribution < -0.4 is 4.72 Å². The molecule has 0 atom stereocenters. The molecular formula is C18H18N4O5S2. The van der Waals surface area contributed by atoms with Crippen LogP contribution in [-0.4, -0.2) is 55.7 Å². The van der Waals surface area contributed by atoms with Gasteiger partial charge in [-0.15, -0.1) is 11.3 Å². The molecule has 1 aromatic carbocycles. The molecule has 3 aromatic rings. The SMILES string of the molecule is Cc1ccccc1NS(=O)(=O)c1cc(-c2noc(C(=O)N3CCOCC3)n2)cs1. The van der Waals surface area contributed by atoms with Crippen molar-refractivity contribution in [3.05, 3.63) is 47.2 Å².